The Hall–Kier alpha value is -2.36. The molecule has 0 atom stereocenters. The molecule has 0 heterocycles. The highest BCUT2D eigenvalue weighted by atomic mass is 16.5. The van der Waals surface area contributed by atoms with Crippen LogP contribution < -0.4 is 19.9 Å². The smallest absolute Gasteiger partial charge is 0.161 e. The summed E-state index contributed by atoms with van der Waals surface area (Å²) in [4.78, 5) is 0. The first-order chi connectivity index (χ1) is 9.63. The molecule has 0 aliphatic heterocycles. The summed E-state index contributed by atoms with van der Waals surface area (Å²) in [5, 5.41) is 0. The Balaban J connectivity index is 2.10. The van der Waals surface area contributed by atoms with Gasteiger partial charge < -0.3 is 19.9 Å². The van der Waals surface area contributed by atoms with Crippen molar-refractivity contribution in [2.75, 3.05) is 20.0 Å². The Morgan fingerprint density at radius 1 is 0.900 bits per heavy atom. The largest absolute Gasteiger partial charge is 0.493 e. The minimum absolute atomic E-state index is 0.463. The first-order valence-electron chi connectivity index (χ1n) is 6.34. The lowest BCUT2D eigenvalue weighted by molar-refractivity contribution is 0.302. The van der Waals surface area contributed by atoms with Gasteiger partial charge in [-0.2, -0.15) is 0 Å². The molecule has 0 saturated heterocycles. The van der Waals surface area contributed by atoms with Gasteiger partial charge in [-0.15, -0.1) is 0 Å². The number of nitrogens with two attached hydrogens (primary N) is 1. The lowest BCUT2D eigenvalue weighted by atomic mass is 10.2. The predicted octanol–water partition coefficient (Wildman–Crippen LogP) is 3.17. The number of rotatable bonds is 5. The summed E-state index contributed by atoms with van der Waals surface area (Å²) >= 11 is 0. The third-order valence-electron chi connectivity index (χ3n) is 3.04. The molecule has 0 amide bonds. The zero-order valence-corrected chi connectivity index (χ0v) is 12.0. The molecule has 4 heteroatoms. The van der Waals surface area contributed by atoms with Crippen molar-refractivity contribution in [2.45, 2.75) is 13.5 Å². The Kier molecular flexibility index (Phi) is 4.35. The van der Waals surface area contributed by atoms with E-state index in [-0.39, 0.29) is 0 Å². The molecular weight excluding hydrogens is 254 g/mol. The number of hydrogen-bond acceptors (Lipinski definition) is 4. The minimum Gasteiger partial charge on any atom is -0.493 e. The fourth-order valence-corrected chi connectivity index (χ4v) is 1.97. The van der Waals surface area contributed by atoms with E-state index in [2.05, 4.69) is 0 Å². The van der Waals surface area contributed by atoms with Crippen LogP contribution in [-0.4, -0.2) is 14.2 Å². The third kappa shape index (κ3) is 3.15. The van der Waals surface area contributed by atoms with E-state index in [0.717, 1.165) is 22.6 Å². The summed E-state index contributed by atoms with van der Waals surface area (Å²) in [6, 6.07) is 11.3. The van der Waals surface area contributed by atoms with Gasteiger partial charge in [-0.25, -0.2) is 0 Å². The summed E-state index contributed by atoms with van der Waals surface area (Å²) in [5.74, 6) is 2.23. The van der Waals surface area contributed by atoms with Crippen LogP contribution in [0.1, 0.15) is 11.1 Å². The predicted molar refractivity (Wildman–Crippen MR) is 79.5 cm³/mol. The summed E-state index contributed by atoms with van der Waals surface area (Å²) in [6.45, 7) is 2.44. The summed E-state index contributed by atoms with van der Waals surface area (Å²) in [5.41, 5.74) is 8.49. The van der Waals surface area contributed by atoms with E-state index in [1.54, 1.807) is 14.2 Å². The zero-order chi connectivity index (χ0) is 14.5. The molecule has 106 valence electrons. The molecule has 2 aromatic carbocycles. The van der Waals surface area contributed by atoms with Crippen LogP contribution >= 0.6 is 0 Å². The Bertz CT molecular complexity index is 596. The summed E-state index contributed by atoms with van der Waals surface area (Å²) < 4.78 is 16.3. The average Bonchev–Trinajstić information content (AvgIpc) is 2.46. The maximum Gasteiger partial charge on any atom is 0.161 e. The van der Waals surface area contributed by atoms with Crippen molar-refractivity contribution in [3.63, 3.8) is 0 Å². The van der Waals surface area contributed by atoms with Gasteiger partial charge in [-0.3, -0.25) is 0 Å². The van der Waals surface area contributed by atoms with E-state index in [0.29, 0.717) is 18.1 Å². The minimum atomic E-state index is 0.463. The summed E-state index contributed by atoms with van der Waals surface area (Å²) in [7, 11) is 3.23. The fraction of sp³-hybridized carbons (Fsp3) is 0.250. The van der Waals surface area contributed by atoms with Crippen LogP contribution in [0.4, 0.5) is 5.69 Å². The van der Waals surface area contributed by atoms with Gasteiger partial charge in [0.2, 0.25) is 0 Å². The molecule has 0 aliphatic carbocycles. The molecule has 20 heavy (non-hydrogen) atoms. The van der Waals surface area contributed by atoms with Crippen LogP contribution in [0.3, 0.4) is 0 Å². The second kappa shape index (κ2) is 6.19. The highest BCUT2D eigenvalue weighted by molar-refractivity contribution is 5.47. The number of nitrogen functional groups attached to an aromatic ring is 1. The van der Waals surface area contributed by atoms with Gasteiger partial charge in [-0.05, 0) is 48.4 Å². The molecule has 4 nitrogen and oxygen atoms in total. The molecule has 0 radical (unpaired) electrons. The molecule has 0 saturated carbocycles. The van der Waals surface area contributed by atoms with Gasteiger partial charge >= 0.3 is 0 Å². The molecule has 0 aromatic heterocycles. The van der Waals surface area contributed by atoms with Crippen molar-refractivity contribution < 1.29 is 14.2 Å². The lowest BCUT2D eigenvalue weighted by Crippen LogP contribution is -1.99. The van der Waals surface area contributed by atoms with E-state index in [4.69, 9.17) is 19.9 Å². The van der Waals surface area contributed by atoms with Gasteiger partial charge in [-0.1, -0.05) is 6.07 Å². The molecule has 0 spiro atoms. The van der Waals surface area contributed by atoms with Crippen molar-refractivity contribution >= 4 is 5.69 Å². The quantitative estimate of drug-likeness (QED) is 0.850. The van der Waals surface area contributed by atoms with Crippen molar-refractivity contribution in [3.05, 3.63) is 47.5 Å². The highest BCUT2D eigenvalue weighted by Crippen LogP contribution is 2.28. The van der Waals surface area contributed by atoms with Crippen LogP contribution in [0, 0.1) is 6.92 Å². The number of methoxy groups -OCH3 is 2. The molecule has 2 rings (SSSR count). The maximum absolute atomic E-state index is 5.80. The average molecular weight is 273 g/mol. The monoisotopic (exact) mass is 273 g/mol. The first-order valence-corrected chi connectivity index (χ1v) is 6.34. The van der Waals surface area contributed by atoms with Crippen molar-refractivity contribution in [1.29, 1.82) is 0 Å². The third-order valence-corrected chi connectivity index (χ3v) is 3.04. The second-order valence-corrected chi connectivity index (χ2v) is 4.50. The highest BCUT2D eigenvalue weighted by Gasteiger charge is 2.06. The fourth-order valence-electron chi connectivity index (χ4n) is 1.97. The van der Waals surface area contributed by atoms with Crippen molar-refractivity contribution in [2.24, 2.45) is 0 Å². The van der Waals surface area contributed by atoms with Crippen LogP contribution in [0.25, 0.3) is 0 Å². The van der Waals surface area contributed by atoms with E-state index in [9.17, 15) is 0 Å². The van der Waals surface area contributed by atoms with Crippen LogP contribution in [-0.2, 0) is 6.61 Å². The Morgan fingerprint density at radius 3 is 2.25 bits per heavy atom. The SMILES string of the molecule is COc1ccc(COc2ccc(N)cc2C)cc1OC. The Morgan fingerprint density at radius 2 is 1.60 bits per heavy atom. The number of benzene rings is 2. The van der Waals surface area contributed by atoms with E-state index in [1.807, 2.05) is 43.3 Å². The summed E-state index contributed by atoms with van der Waals surface area (Å²) in [6.07, 6.45) is 0. The van der Waals surface area contributed by atoms with E-state index < -0.39 is 0 Å². The van der Waals surface area contributed by atoms with Gasteiger partial charge in [0.15, 0.2) is 11.5 Å². The zero-order valence-electron chi connectivity index (χ0n) is 12.0. The maximum atomic E-state index is 5.80. The molecule has 0 unspecified atom stereocenters. The normalized spacial score (nSPS) is 10.2. The van der Waals surface area contributed by atoms with Gasteiger partial charge in [0.05, 0.1) is 14.2 Å². The molecule has 0 aliphatic rings. The van der Waals surface area contributed by atoms with Crippen LogP contribution in [0.15, 0.2) is 36.4 Å². The standard InChI is InChI=1S/C16H19NO3/c1-11-8-13(17)5-7-14(11)20-10-12-4-6-15(18-2)16(9-12)19-3/h4-9H,10,17H2,1-3H3. The number of aryl methyl sites for hydroxylation is 1. The second-order valence-electron chi connectivity index (χ2n) is 4.50. The molecule has 2 N–H and O–H groups in total. The molecule has 0 fully saturated rings. The topological polar surface area (TPSA) is 53.7 Å². The van der Waals surface area contributed by atoms with Crippen molar-refractivity contribution in [3.8, 4) is 17.2 Å². The molecule has 2 aromatic rings. The lowest BCUT2D eigenvalue weighted by Gasteiger charge is -2.12. The van der Waals surface area contributed by atoms with Gasteiger partial charge in [0.25, 0.3) is 0 Å². The Labute approximate surface area is 119 Å². The van der Waals surface area contributed by atoms with Gasteiger partial charge in [0.1, 0.15) is 12.4 Å². The first kappa shape index (κ1) is 14.1. The van der Waals surface area contributed by atoms with Crippen LogP contribution in [0.5, 0.6) is 17.2 Å². The molecule has 0 bridgehead atoms. The number of ether oxygens (including phenoxy) is 3. The van der Waals surface area contributed by atoms with E-state index in [1.165, 1.54) is 0 Å². The van der Waals surface area contributed by atoms with Gasteiger partial charge in [0, 0.05) is 5.69 Å². The number of hydrogen-bond donors (Lipinski definition) is 1. The van der Waals surface area contributed by atoms with E-state index >= 15 is 0 Å². The molecular formula is C16H19NO3. The van der Waals surface area contributed by atoms with Crippen molar-refractivity contribution in [1.82, 2.24) is 0 Å². The number of anilines is 1. The van der Waals surface area contributed by atoms with Crippen LogP contribution in [0.2, 0.25) is 0 Å².